The van der Waals surface area contributed by atoms with Crippen LogP contribution in [0.3, 0.4) is 0 Å². The Bertz CT molecular complexity index is 401. The van der Waals surface area contributed by atoms with E-state index in [4.69, 9.17) is 9.84 Å². The summed E-state index contributed by atoms with van der Waals surface area (Å²) in [7, 11) is 0. The molecular weight excluding hydrogens is 260 g/mol. The quantitative estimate of drug-likeness (QED) is 0.700. The van der Waals surface area contributed by atoms with E-state index >= 15 is 0 Å². The van der Waals surface area contributed by atoms with Crippen LogP contribution in [0.1, 0.15) is 47.5 Å². The van der Waals surface area contributed by atoms with Crippen molar-refractivity contribution < 1.29 is 19.7 Å². The Hall–Kier alpha value is -0.850. The molecule has 116 valence electrons. The van der Waals surface area contributed by atoms with E-state index in [9.17, 15) is 9.90 Å². The predicted molar refractivity (Wildman–Crippen MR) is 74.2 cm³/mol. The van der Waals surface area contributed by atoms with Gasteiger partial charge in [-0.05, 0) is 34.6 Å². The summed E-state index contributed by atoms with van der Waals surface area (Å²) in [6.45, 7) is 9.62. The van der Waals surface area contributed by atoms with Gasteiger partial charge in [0, 0.05) is 23.9 Å². The first-order chi connectivity index (χ1) is 8.95. The van der Waals surface area contributed by atoms with Crippen LogP contribution in [0.25, 0.3) is 0 Å². The van der Waals surface area contributed by atoms with Crippen LogP contribution >= 0.6 is 0 Å². The van der Waals surface area contributed by atoms with Crippen molar-refractivity contribution in [2.24, 2.45) is 0 Å². The van der Waals surface area contributed by atoms with Gasteiger partial charge in [0.25, 0.3) is 0 Å². The van der Waals surface area contributed by atoms with Gasteiger partial charge in [-0.3, -0.25) is 4.90 Å². The molecule has 0 aromatic carbocycles. The smallest absolute Gasteiger partial charge is 0.412 e. The van der Waals surface area contributed by atoms with Gasteiger partial charge in [-0.1, -0.05) is 0 Å². The SMILES string of the molecule is CC1(C)CC2(CC(C)(C)N1)OC(=O)N(CCO)[C@]2(C)O. The molecule has 1 atom stereocenters. The lowest BCUT2D eigenvalue weighted by Gasteiger charge is -2.53. The number of ether oxygens (including phenoxy) is 1. The number of rotatable bonds is 2. The minimum atomic E-state index is -1.43. The zero-order valence-corrected chi connectivity index (χ0v) is 13.0. The van der Waals surface area contributed by atoms with Gasteiger partial charge >= 0.3 is 6.09 Å². The molecule has 20 heavy (non-hydrogen) atoms. The average molecular weight is 286 g/mol. The third-order valence-corrected chi connectivity index (χ3v) is 4.35. The van der Waals surface area contributed by atoms with Gasteiger partial charge in [-0.15, -0.1) is 0 Å². The maximum Gasteiger partial charge on any atom is 0.412 e. The van der Waals surface area contributed by atoms with E-state index in [0.717, 1.165) is 0 Å². The number of hydrogen-bond donors (Lipinski definition) is 3. The molecule has 2 rings (SSSR count). The van der Waals surface area contributed by atoms with E-state index in [0.29, 0.717) is 12.8 Å². The summed E-state index contributed by atoms with van der Waals surface area (Å²) in [6, 6.07) is 0. The largest absolute Gasteiger partial charge is 0.437 e. The molecule has 6 heteroatoms. The van der Waals surface area contributed by atoms with Gasteiger partial charge < -0.3 is 20.3 Å². The Morgan fingerprint density at radius 2 is 1.70 bits per heavy atom. The first-order valence-electron chi connectivity index (χ1n) is 7.08. The average Bonchev–Trinajstić information content (AvgIpc) is 2.34. The Labute approximate surface area is 120 Å². The number of piperidine rings is 1. The minimum Gasteiger partial charge on any atom is -0.437 e. The van der Waals surface area contributed by atoms with Crippen molar-refractivity contribution in [3.63, 3.8) is 0 Å². The number of aliphatic hydroxyl groups excluding tert-OH is 1. The molecule has 2 fully saturated rings. The number of aliphatic hydroxyl groups is 2. The maximum atomic E-state index is 12.1. The van der Waals surface area contributed by atoms with Crippen LogP contribution in [-0.4, -0.2) is 56.8 Å². The molecule has 1 spiro atoms. The Balaban J connectivity index is 2.41. The number of hydrogen-bond acceptors (Lipinski definition) is 5. The number of nitrogens with zero attached hydrogens (tertiary/aromatic N) is 1. The molecule has 0 aromatic rings. The highest BCUT2D eigenvalue weighted by atomic mass is 16.6. The van der Waals surface area contributed by atoms with Crippen molar-refractivity contribution in [2.75, 3.05) is 13.2 Å². The van der Waals surface area contributed by atoms with Gasteiger partial charge in [-0.2, -0.15) is 0 Å². The van der Waals surface area contributed by atoms with Crippen LogP contribution in [0, 0.1) is 0 Å². The molecular formula is C14H26N2O4. The van der Waals surface area contributed by atoms with E-state index in [1.54, 1.807) is 6.92 Å². The summed E-state index contributed by atoms with van der Waals surface area (Å²) in [5, 5.41) is 23.5. The van der Waals surface area contributed by atoms with Gasteiger partial charge in [0.05, 0.1) is 13.2 Å². The zero-order valence-electron chi connectivity index (χ0n) is 13.0. The van der Waals surface area contributed by atoms with Gasteiger partial charge in [0.1, 0.15) is 0 Å². The second-order valence-electron chi connectivity index (χ2n) is 7.50. The van der Waals surface area contributed by atoms with Crippen molar-refractivity contribution in [3.8, 4) is 0 Å². The molecule has 2 saturated heterocycles. The second-order valence-corrected chi connectivity index (χ2v) is 7.50. The molecule has 0 radical (unpaired) electrons. The summed E-state index contributed by atoms with van der Waals surface area (Å²) in [5.74, 6) is 0. The zero-order chi connectivity index (χ0) is 15.4. The first-order valence-corrected chi connectivity index (χ1v) is 7.08. The molecule has 2 heterocycles. The highest BCUT2D eigenvalue weighted by Gasteiger charge is 2.66. The molecule has 0 bridgehead atoms. The van der Waals surface area contributed by atoms with Crippen molar-refractivity contribution in [1.29, 1.82) is 0 Å². The number of carbonyl (C=O) groups is 1. The van der Waals surface area contributed by atoms with Crippen LogP contribution in [0.5, 0.6) is 0 Å². The van der Waals surface area contributed by atoms with Crippen LogP contribution in [0.2, 0.25) is 0 Å². The van der Waals surface area contributed by atoms with Crippen LogP contribution in [0.4, 0.5) is 4.79 Å². The van der Waals surface area contributed by atoms with E-state index in [-0.39, 0.29) is 24.2 Å². The van der Waals surface area contributed by atoms with E-state index in [1.165, 1.54) is 4.90 Å². The Kier molecular flexibility index (Phi) is 3.36. The van der Waals surface area contributed by atoms with Crippen molar-refractivity contribution in [2.45, 2.75) is 69.9 Å². The van der Waals surface area contributed by atoms with Gasteiger partial charge in [0.15, 0.2) is 11.3 Å². The van der Waals surface area contributed by atoms with Crippen LogP contribution < -0.4 is 5.32 Å². The van der Waals surface area contributed by atoms with Crippen molar-refractivity contribution in [1.82, 2.24) is 10.2 Å². The molecule has 6 nitrogen and oxygen atoms in total. The molecule has 1 amide bonds. The van der Waals surface area contributed by atoms with Crippen LogP contribution in [0.15, 0.2) is 0 Å². The molecule has 0 aromatic heterocycles. The second kappa shape index (κ2) is 4.32. The lowest BCUT2D eigenvalue weighted by molar-refractivity contribution is -0.181. The fourth-order valence-corrected chi connectivity index (χ4v) is 4.05. The van der Waals surface area contributed by atoms with Gasteiger partial charge in [0.2, 0.25) is 0 Å². The predicted octanol–water partition coefficient (Wildman–Crippen LogP) is 0.819. The van der Waals surface area contributed by atoms with E-state index in [2.05, 4.69) is 5.32 Å². The summed E-state index contributed by atoms with van der Waals surface area (Å²) < 4.78 is 5.63. The number of nitrogens with one attached hydrogen (secondary N) is 1. The molecule has 0 saturated carbocycles. The lowest BCUT2D eigenvalue weighted by atomic mass is 9.68. The monoisotopic (exact) mass is 286 g/mol. The summed E-state index contributed by atoms with van der Waals surface area (Å²) in [4.78, 5) is 13.3. The fraction of sp³-hybridized carbons (Fsp3) is 0.929. The molecule has 2 aliphatic heterocycles. The standard InChI is InChI=1S/C14H26N2O4/c1-11(2)8-14(9-12(3,4)15-11)13(5,19)16(6-7-17)10(18)20-14/h15,17,19H,6-9H2,1-5H3/t13-/m1/s1. The molecule has 3 N–H and O–H groups in total. The Morgan fingerprint density at radius 3 is 2.15 bits per heavy atom. The third kappa shape index (κ3) is 2.29. The molecule has 0 aliphatic carbocycles. The summed E-state index contributed by atoms with van der Waals surface area (Å²) in [6.07, 6.45) is 0.478. The maximum absolute atomic E-state index is 12.1. The van der Waals surface area contributed by atoms with E-state index < -0.39 is 17.4 Å². The highest BCUT2D eigenvalue weighted by Crippen LogP contribution is 2.49. The minimum absolute atomic E-state index is 0.0713. The lowest BCUT2D eigenvalue weighted by Crippen LogP contribution is -2.70. The molecule has 2 aliphatic rings. The molecule has 0 unspecified atom stereocenters. The normalized spacial score (nSPS) is 34.4. The fourth-order valence-electron chi connectivity index (χ4n) is 4.05. The van der Waals surface area contributed by atoms with Crippen molar-refractivity contribution in [3.05, 3.63) is 0 Å². The van der Waals surface area contributed by atoms with Gasteiger partial charge in [-0.25, -0.2) is 4.79 Å². The number of carbonyl (C=O) groups excluding carboxylic acids is 1. The summed E-state index contributed by atoms with van der Waals surface area (Å²) >= 11 is 0. The van der Waals surface area contributed by atoms with Crippen molar-refractivity contribution >= 4 is 6.09 Å². The number of amides is 1. The van der Waals surface area contributed by atoms with E-state index in [1.807, 2.05) is 27.7 Å². The topological polar surface area (TPSA) is 82.0 Å². The Morgan fingerprint density at radius 1 is 1.20 bits per heavy atom. The summed E-state index contributed by atoms with van der Waals surface area (Å²) in [5.41, 5.74) is -2.91. The highest BCUT2D eigenvalue weighted by molar-refractivity contribution is 5.72. The van der Waals surface area contributed by atoms with Crippen LogP contribution in [-0.2, 0) is 4.74 Å². The number of β-amino-alcohol motifs (C(OH)–C–C–N with tert-alkyl or cyclic N) is 1. The third-order valence-electron chi connectivity index (χ3n) is 4.35. The first kappa shape index (κ1) is 15.5.